The van der Waals surface area contributed by atoms with Gasteiger partial charge in [-0.25, -0.2) is 0 Å². The largest absolute Gasteiger partial charge is 0.481 e. The van der Waals surface area contributed by atoms with Gasteiger partial charge in [-0.2, -0.15) is 0 Å². The Morgan fingerprint density at radius 2 is 1.83 bits per heavy atom. The van der Waals surface area contributed by atoms with Crippen LogP contribution in [0.3, 0.4) is 0 Å². The first-order valence-electron chi connectivity index (χ1n) is 13.5. The summed E-state index contributed by atoms with van der Waals surface area (Å²) in [5.41, 5.74) is 0.963. The van der Waals surface area contributed by atoms with Crippen LogP contribution in [0.25, 0.3) is 0 Å². The molecule has 2 amide bonds. The van der Waals surface area contributed by atoms with Gasteiger partial charge in [0.1, 0.15) is 6.04 Å². The Balaban J connectivity index is 1.49. The van der Waals surface area contributed by atoms with Crippen LogP contribution in [0.5, 0.6) is 0 Å². The standard InChI is InChI=1S/C28H43BN2O4/c1-7-11-25(32)30-21(15-19-12-9-8-10-13-19)26(33)31-24(14-18(2)3)29-34-23-17-20-16-22(27(20,4)5)28(23,6)35-29/h8-10,12-13,18,20-24H,7,11,14-17H2,1-6H3,(H,30,32)(H,31,33)/t20-,21-,22-,23+,24-,28-/m0/s1. The van der Waals surface area contributed by atoms with Gasteiger partial charge in [-0.15, -0.1) is 0 Å². The Kier molecular flexibility index (Phi) is 7.68. The van der Waals surface area contributed by atoms with Crippen LogP contribution in [0.15, 0.2) is 30.3 Å². The summed E-state index contributed by atoms with van der Waals surface area (Å²) in [6.07, 6.45) is 4.62. The molecule has 1 heterocycles. The minimum Gasteiger partial charge on any atom is -0.404 e. The summed E-state index contributed by atoms with van der Waals surface area (Å²) in [4.78, 5) is 26.0. The van der Waals surface area contributed by atoms with E-state index in [1.165, 1.54) is 6.42 Å². The highest BCUT2D eigenvalue weighted by molar-refractivity contribution is 6.48. The molecule has 4 fully saturated rings. The number of carbonyl (C=O) groups is 2. The lowest BCUT2D eigenvalue weighted by atomic mass is 9.43. The Labute approximate surface area is 211 Å². The van der Waals surface area contributed by atoms with Crippen LogP contribution in [-0.4, -0.2) is 42.6 Å². The fourth-order valence-corrected chi connectivity index (χ4v) is 6.65. The molecular weight excluding hydrogens is 439 g/mol. The zero-order chi connectivity index (χ0) is 25.4. The van der Waals surface area contributed by atoms with E-state index >= 15 is 0 Å². The van der Waals surface area contributed by atoms with Gasteiger partial charge in [0.25, 0.3) is 0 Å². The fourth-order valence-electron chi connectivity index (χ4n) is 6.65. The number of carbonyl (C=O) groups excluding carboxylic acids is 2. The van der Waals surface area contributed by atoms with Crippen molar-refractivity contribution in [3.8, 4) is 0 Å². The molecule has 35 heavy (non-hydrogen) atoms. The minimum absolute atomic E-state index is 0.0696. The van der Waals surface area contributed by atoms with E-state index in [2.05, 4.69) is 45.3 Å². The molecule has 1 aliphatic heterocycles. The third-order valence-corrected chi connectivity index (χ3v) is 8.76. The summed E-state index contributed by atoms with van der Waals surface area (Å²) in [5.74, 6) is 0.953. The van der Waals surface area contributed by atoms with Crippen molar-refractivity contribution in [1.29, 1.82) is 0 Å². The molecule has 192 valence electrons. The summed E-state index contributed by atoms with van der Waals surface area (Å²) in [6, 6.07) is 9.19. The maximum atomic E-state index is 13.6. The molecule has 1 aromatic carbocycles. The fraction of sp³-hybridized carbons (Fsp3) is 0.714. The average Bonchev–Trinajstić information content (AvgIpc) is 3.16. The average molecular weight is 482 g/mol. The van der Waals surface area contributed by atoms with Crippen LogP contribution in [0.1, 0.15) is 79.2 Å². The van der Waals surface area contributed by atoms with Gasteiger partial charge in [0.05, 0.1) is 17.6 Å². The highest BCUT2D eigenvalue weighted by atomic mass is 16.7. The van der Waals surface area contributed by atoms with Crippen molar-refractivity contribution in [3.05, 3.63) is 35.9 Å². The van der Waals surface area contributed by atoms with E-state index in [0.717, 1.165) is 24.8 Å². The van der Waals surface area contributed by atoms with Crippen LogP contribution in [-0.2, 0) is 25.3 Å². The van der Waals surface area contributed by atoms with Crippen molar-refractivity contribution in [2.24, 2.45) is 23.2 Å². The second kappa shape index (κ2) is 10.3. The summed E-state index contributed by atoms with van der Waals surface area (Å²) < 4.78 is 13.2. The van der Waals surface area contributed by atoms with Gasteiger partial charge in [0.2, 0.25) is 11.8 Å². The molecule has 6 nitrogen and oxygen atoms in total. The highest BCUT2D eigenvalue weighted by Crippen LogP contribution is 2.65. The van der Waals surface area contributed by atoms with E-state index in [1.807, 2.05) is 37.3 Å². The van der Waals surface area contributed by atoms with E-state index in [9.17, 15) is 9.59 Å². The lowest BCUT2D eigenvalue weighted by molar-refractivity contribution is -0.199. The molecule has 0 unspecified atom stereocenters. The number of nitrogens with one attached hydrogen (secondary N) is 2. The van der Waals surface area contributed by atoms with Crippen LogP contribution >= 0.6 is 0 Å². The lowest BCUT2D eigenvalue weighted by Crippen LogP contribution is -2.65. The topological polar surface area (TPSA) is 76.7 Å². The molecule has 1 aromatic rings. The number of amides is 2. The molecule has 4 aliphatic rings. The highest BCUT2D eigenvalue weighted by Gasteiger charge is 2.68. The predicted octanol–water partition coefficient (Wildman–Crippen LogP) is 4.31. The van der Waals surface area contributed by atoms with Crippen molar-refractivity contribution in [1.82, 2.24) is 10.6 Å². The van der Waals surface area contributed by atoms with Crippen molar-refractivity contribution in [3.63, 3.8) is 0 Å². The molecule has 0 aromatic heterocycles. The maximum absolute atomic E-state index is 13.6. The SMILES string of the molecule is CCCC(=O)N[C@@H](Cc1ccccc1)C(=O)N[C@@H](CC(C)C)B1O[C@@H]2C[C@@H]3C[C@@H](C3(C)C)[C@]2(C)O1. The second-order valence-corrected chi connectivity index (χ2v) is 12.1. The summed E-state index contributed by atoms with van der Waals surface area (Å²) in [5, 5.41) is 6.20. The zero-order valence-corrected chi connectivity index (χ0v) is 22.3. The molecule has 0 spiro atoms. The summed E-state index contributed by atoms with van der Waals surface area (Å²) in [7, 11) is -0.477. The molecule has 7 heteroatoms. The molecule has 2 bridgehead atoms. The van der Waals surface area contributed by atoms with Gasteiger partial charge in [-0.1, -0.05) is 65.0 Å². The summed E-state index contributed by atoms with van der Waals surface area (Å²) in [6.45, 7) is 13.2. The molecule has 5 rings (SSSR count). The van der Waals surface area contributed by atoms with E-state index in [1.54, 1.807) is 0 Å². The quantitative estimate of drug-likeness (QED) is 0.488. The van der Waals surface area contributed by atoms with Crippen LogP contribution in [0.4, 0.5) is 0 Å². The number of rotatable bonds is 10. The first kappa shape index (κ1) is 26.2. The molecule has 2 N–H and O–H groups in total. The van der Waals surface area contributed by atoms with Gasteiger partial charge >= 0.3 is 7.12 Å². The molecular formula is C28H43BN2O4. The normalized spacial score (nSPS) is 30.3. The second-order valence-electron chi connectivity index (χ2n) is 12.1. The third kappa shape index (κ3) is 5.31. The number of hydrogen-bond acceptors (Lipinski definition) is 4. The number of hydrogen-bond donors (Lipinski definition) is 2. The van der Waals surface area contributed by atoms with E-state index in [-0.39, 0.29) is 34.9 Å². The molecule has 3 aliphatic carbocycles. The third-order valence-electron chi connectivity index (χ3n) is 8.76. The van der Waals surface area contributed by atoms with E-state index < -0.39 is 13.2 Å². The molecule has 6 atom stereocenters. The van der Waals surface area contributed by atoms with Gasteiger partial charge in [0, 0.05) is 12.8 Å². The molecule has 1 saturated heterocycles. The predicted molar refractivity (Wildman–Crippen MR) is 138 cm³/mol. The van der Waals surface area contributed by atoms with Crippen molar-refractivity contribution in [2.45, 2.75) is 104 Å². The van der Waals surface area contributed by atoms with Gasteiger partial charge < -0.3 is 19.9 Å². The Morgan fingerprint density at radius 3 is 2.46 bits per heavy atom. The van der Waals surface area contributed by atoms with Crippen LogP contribution in [0.2, 0.25) is 0 Å². The van der Waals surface area contributed by atoms with Crippen LogP contribution < -0.4 is 10.6 Å². The smallest absolute Gasteiger partial charge is 0.404 e. The zero-order valence-electron chi connectivity index (χ0n) is 22.3. The monoisotopic (exact) mass is 482 g/mol. The Hall–Kier alpha value is -1.86. The van der Waals surface area contributed by atoms with E-state index in [4.69, 9.17) is 9.31 Å². The van der Waals surface area contributed by atoms with Crippen LogP contribution in [0, 0.1) is 23.2 Å². The number of benzene rings is 1. The molecule has 0 radical (unpaired) electrons. The first-order valence-corrected chi connectivity index (χ1v) is 13.5. The van der Waals surface area contributed by atoms with Gasteiger partial charge in [-0.05, 0) is 61.3 Å². The van der Waals surface area contributed by atoms with Crippen molar-refractivity contribution < 1.29 is 18.9 Å². The van der Waals surface area contributed by atoms with Crippen molar-refractivity contribution in [2.75, 3.05) is 0 Å². The van der Waals surface area contributed by atoms with Crippen molar-refractivity contribution >= 4 is 18.9 Å². The lowest BCUT2D eigenvalue weighted by Gasteiger charge is -2.64. The van der Waals surface area contributed by atoms with Gasteiger partial charge in [0.15, 0.2) is 0 Å². The van der Waals surface area contributed by atoms with Gasteiger partial charge in [-0.3, -0.25) is 9.59 Å². The van der Waals surface area contributed by atoms with E-state index in [0.29, 0.717) is 30.6 Å². The minimum atomic E-state index is -0.642. The Bertz CT molecular complexity index is 907. The molecule has 3 saturated carbocycles. The first-order chi connectivity index (χ1) is 16.5. The Morgan fingerprint density at radius 1 is 1.11 bits per heavy atom. The maximum Gasteiger partial charge on any atom is 0.481 e. The summed E-state index contributed by atoms with van der Waals surface area (Å²) >= 11 is 0.